The lowest BCUT2D eigenvalue weighted by molar-refractivity contribution is -0.0267. The predicted molar refractivity (Wildman–Crippen MR) is 88.1 cm³/mol. The van der Waals surface area contributed by atoms with Gasteiger partial charge in [0, 0.05) is 18.7 Å². The van der Waals surface area contributed by atoms with E-state index >= 15 is 0 Å². The van der Waals surface area contributed by atoms with Gasteiger partial charge in [-0.1, -0.05) is 13.8 Å². The molecule has 3 aromatic heterocycles. The number of H-pyrrole nitrogens is 1. The smallest absolute Gasteiger partial charge is 0.255 e. The standard InChI is InChI=1S/C16H19N7O2/c1-10(2)14-18-15(21-20-14)12-8-22(5-6-25-12)16(24)11-3-4-13-19-17-9-23(13)7-11/h3-4,7,9-10,12H,5-6,8H2,1-2H3,(H,18,20,21)/t12-/m1/s1. The summed E-state index contributed by atoms with van der Waals surface area (Å²) in [6.07, 6.45) is 3.03. The van der Waals surface area contributed by atoms with Crippen molar-refractivity contribution in [1.82, 2.24) is 34.7 Å². The summed E-state index contributed by atoms with van der Waals surface area (Å²) in [5, 5.41) is 14.9. The Morgan fingerprint density at radius 2 is 2.28 bits per heavy atom. The summed E-state index contributed by atoms with van der Waals surface area (Å²) >= 11 is 0. The lowest BCUT2D eigenvalue weighted by Crippen LogP contribution is -2.42. The normalized spacial score (nSPS) is 18.2. The Morgan fingerprint density at radius 3 is 3.08 bits per heavy atom. The van der Waals surface area contributed by atoms with E-state index in [1.807, 2.05) is 13.8 Å². The Balaban J connectivity index is 1.52. The van der Waals surface area contributed by atoms with Crippen molar-refractivity contribution >= 4 is 11.6 Å². The molecule has 25 heavy (non-hydrogen) atoms. The number of nitrogens with zero attached hydrogens (tertiary/aromatic N) is 6. The van der Waals surface area contributed by atoms with Crippen molar-refractivity contribution in [3.63, 3.8) is 0 Å². The van der Waals surface area contributed by atoms with Crippen LogP contribution in [-0.4, -0.2) is 60.3 Å². The van der Waals surface area contributed by atoms with E-state index < -0.39 is 0 Å². The average molecular weight is 341 g/mol. The summed E-state index contributed by atoms with van der Waals surface area (Å²) in [5.74, 6) is 1.60. The molecule has 1 N–H and O–H groups in total. The van der Waals surface area contributed by atoms with Gasteiger partial charge in [-0.3, -0.25) is 14.3 Å². The number of hydrogen-bond acceptors (Lipinski definition) is 6. The van der Waals surface area contributed by atoms with Gasteiger partial charge in [-0.2, -0.15) is 5.10 Å². The maximum Gasteiger partial charge on any atom is 0.255 e. The van der Waals surface area contributed by atoms with Crippen LogP contribution in [0.4, 0.5) is 0 Å². The van der Waals surface area contributed by atoms with Gasteiger partial charge in [-0.15, -0.1) is 10.2 Å². The number of carbonyl (C=O) groups is 1. The Bertz CT molecular complexity index is 901. The molecule has 0 radical (unpaired) electrons. The summed E-state index contributed by atoms with van der Waals surface area (Å²) in [4.78, 5) is 19.1. The van der Waals surface area contributed by atoms with Crippen LogP contribution in [0, 0.1) is 0 Å². The molecule has 0 bridgehead atoms. The highest BCUT2D eigenvalue weighted by atomic mass is 16.5. The maximum absolute atomic E-state index is 12.8. The lowest BCUT2D eigenvalue weighted by Gasteiger charge is -2.31. The van der Waals surface area contributed by atoms with Crippen molar-refractivity contribution in [2.75, 3.05) is 19.7 Å². The molecule has 1 amide bonds. The second-order valence-corrected chi connectivity index (χ2v) is 6.36. The van der Waals surface area contributed by atoms with Gasteiger partial charge in [0.2, 0.25) is 0 Å². The van der Waals surface area contributed by atoms with Gasteiger partial charge in [-0.25, -0.2) is 4.98 Å². The number of pyridine rings is 1. The second-order valence-electron chi connectivity index (χ2n) is 6.36. The number of rotatable bonds is 3. The van der Waals surface area contributed by atoms with Crippen LogP contribution in [0.3, 0.4) is 0 Å². The van der Waals surface area contributed by atoms with Crippen molar-refractivity contribution in [3.05, 3.63) is 41.9 Å². The third kappa shape index (κ3) is 2.98. The van der Waals surface area contributed by atoms with E-state index in [9.17, 15) is 4.79 Å². The average Bonchev–Trinajstić information content (AvgIpc) is 3.30. The number of aromatic nitrogens is 6. The summed E-state index contributed by atoms with van der Waals surface area (Å²) in [7, 11) is 0. The fourth-order valence-electron chi connectivity index (χ4n) is 2.83. The second kappa shape index (κ2) is 6.25. The van der Waals surface area contributed by atoms with Gasteiger partial charge in [-0.05, 0) is 12.1 Å². The lowest BCUT2D eigenvalue weighted by atomic mass is 10.2. The van der Waals surface area contributed by atoms with Crippen LogP contribution < -0.4 is 0 Å². The largest absolute Gasteiger partial charge is 0.367 e. The number of morpholine rings is 1. The monoisotopic (exact) mass is 341 g/mol. The van der Waals surface area contributed by atoms with E-state index in [-0.39, 0.29) is 17.9 Å². The molecule has 0 aliphatic carbocycles. The number of aromatic amines is 1. The molecule has 130 valence electrons. The third-order valence-corrected chi connectivity index (χ3v) is 4.23. The van der Waals surface area contributed by atoms with Gasteiger partial charge in [0.25, 0.3) is 5.91 Å². The van der Waals surface area contributed by atoms with E-state index in [2.05, 4.69) is 25.4 Å². The molecule has 4 rings (SSSR count). The number of amides is 1. The first-order valence-corrected chi connectivity index (χ1v) is 8.24. The van der Waals surface area contributed by atoms with E-state index in [0.29, 0.717) is 36.7 Å². The topological polar surface area (TPSA) is 101 Å². The molecule has 0 saturated carbocycles. The van der Waals surface area contributed by atoms with Crippen LogP contribution in [0.5, 0.6) is 0 Å². The maximum atomic E-state index is 12.8. The fraction of sp³-hybridized carbons (Fsp3) is 0.438. The van der Waals surface area contributed by atoms with Crippen LogP contribution >= 0.6 is 0 Å². The van der Waals surface area contributed by atoms with Gasteiger partial charge < -0.3 is 9.64 Å². The molecule has 0 spiro atoms. The van der Waals surface area contributed by atoms with Crippen LogP contribution in [0.15, 0.2) is 24.7 Å². The first-order chi connectivity index (χ1) is 12.1. The van der Waals surface area contributed by atoms with Gasteiger partial charge in [0.15, 0.2) is 17.3 Å². The minimum absolute atomic E-state index is 0.0486. The zero-order valence-corrected chi connectivity index (χ0v) is 14.1. The van der Waals surface area contributed by atoms with Crippen molar-refractivity contribution in [2.24, 2.45) is 0 Å². The Morgan fingerprint density at radius 1 is 1.40 bits per heavy atom. The zero-order chi connectivity index (χ0) is 17.4. The van der Waals surface area contributed by atoms with Gasteiger partial charge >= 0.3 is 0 Å². The highest BCUT2D eigenvalue weighted by molar-refractivity contribution is 5.94. The van der Waals surface area contributed by atoms with Crippen molar-refractivity contribution in [2.45, 2.75) is 25.9 Å². The van der Waals surface area contributed by atoms with Gasteiger partial charge in [0.1, 0.15) is 12.4 Å². The first-order valence-electron chi connectivity index (χ1n) is 8.24. The minimum atomic E-state index is -0.295. The Kier molecular flexibility index (Phi) is 3.92. The van der Waals surface area contributed by atoms with Crippen LogP contribution in [0.25, 0.3) is 5.65 Å². The number of nitrogens with one attached hydrogen (secondary N) is 1. The van der Waals surface area contributed by atoms with Crippen LogP contribution in [0.1, 0.15) is 47.9 Å². The van der Waals surface area contributed by atoms with Crippen LogP contribution in [0.2, 0.25) is 0 Å². The molecule has 9 nitrogen and oxygen atoms in total. The molecule has 3 aromatic rings. The molecule has 0 unspecified atom stereocenters. The molecule has 1 atom stereocenters. The van der Waals surface area contributed by atoms with E-state index in [4.69, 9.17) is 4.74 Å². The molecule has 0 aromatic carbocycles. The van der Waals surface area contributed by atoms with E-state index in [1.165, 1.54) is 0 Å². The molecule has 1 aliphatic heterocycles. The predicted octanol–water partition coefficient (Wildman–Crippen LogP) is 1.18. The number of fused-ring (bicyclic) bond motifs is 1. The Hall–Kier alpha value is -2.81. The SMILES string of the molecule is CC(C)c1n[nH]c([C@H]2CN(C(=O)c3ccc4nncn4c3)CCO2)n1. The number of ether oxygens (including phenoxy) is 1. The molecular formula is C16H19N7O2. The molecule has 1 saturated heterocycles. The molecule has 4 heterocycles. The van der Waals surface area contributed by atoms with Crippen molar-refractivity contribution < 1.29 is 9.53 Å². The fourth-order valence-corrected chi connectivity index (χ4v) is 2.83. The molecule has 9 heteroatoms. The Labute approximate surface area is 144 Å². The van der Waals surface area contributed by atoms with E-state index in [0.717, 1.165) is 5.82 Å². The minimum Gasteiger partial charge on any atom is -0.367 e. The molecular weight excluding hydrogens is 322 g/mol. The van der Waals surface area contributed by atoms with E-state index in [1.54, 1.807) is 34.0 Å². The number of hydrogen-bond donors (Lipinski definition) is 1. The third-order valence-electron chi connectivity index (χ3n) is 4.23. The summed E-state index contributed by atoms with van der Waals surface area (Å²) in [5.41, 5.74) is 1.30. The summed E-state index contributed by atoms with van der Waals surface area (Å²) in [6, 6.07) is 3.55. The first kappa shape index (κ1) is 15.7. The van der Waals surface area contributed by atoms with Crippen molar-refractivity contribution in [1.29, 1.82) is 0 Å². The molecule has 1 fully saturated rings. The highest BCUT2D eigenvalue weighted by Crippen LogP contribution is 2.22. The highest BCUT2D eigenvalue weighted by Gasteiger charge is 2.28. The number of carbonyl (C=O) groups excluding carboxylic acids is 1. The van der Waals surface area contributed by atoms with Gasteiger partial charge in [0.05, 0.1) is 18.7 Å². The quantitative estimate of drug-likeness (QED) is 0.768. The zero-order valence-electron chi connectivity index (χ0n) is 14.1. The summed E-state index contributed by atoms with van der Waals surface area (Å²) in [6.45, 7) is 5.51. The van der Waals surface area contributed by atoms with Crippen molar-refractivity contribution in [3.8, 4) is 0 Å². The molecule has 1 aliphatic rings. The van der Waals surface area contributed by atoms with Crippen LogP contribution in [-0.2, 0) is 4.74 Å². The summed E-state index contributed by atoms with van der Waals surface area (Å²) < 4.78 is 7.51.